The van der Waals surface area contributed by atoms with Gasteiger partial charge in [0.2, 0.25) is 0 Å². The summed E-state index contributed by atoms with van der Waals surface area (Å²) >= 11 is 0. The quantitative estimate of drug-likeness (QED) is 0.0187. The lowest BCUT2D eigenvalue weighted by Gasteiger charge is -2.42. The van der Waals surface area contributed by atoms with Crippen LogP contribution >= 0.6 is 0 Å². The van der Waals surface area contributed by atoms with Crippen LogP contribution in [0.3, 0.4) is 0 Å². The monoisotopic (exact) mass is 937 g/mol. The van der Waals surface area contributed by atoms with Gasteiger partial charge < -0.3 is 64.2 Å². The maximum absolute atomic E-state index is 13.0. The summed E-state index contributed by atoms with van der Waals surface area (Å²) in [5.74, 6) is -0.404. The van der Waals surface area contributed by atoms with Gasteiger partial charge in [0.15, 0.2) is 12.6 Å². The molecule has 2 rings (SSSR count). The van der Waals surface area contributed by atoms with Gasteiger partial charge in [-0.05, 0) is 64.2 Å². The average molecular weight is 937 g/mol. The van der Waals surface area contributed by atoms with Gasteiger partial charge in [-0.15, -0.1) is 0 Å². The van der Waals surface area contributed by atoms with Crippen molar-refractivity contribution in [1.82, 2.24) is 0 Å². The molecule has 0 aliphatic carbocycles. The molecule has 2 fully saturated rings. The predicted molar refractivity (Wildman–Crippen MR) is 256 cm³/mol. The van der Waals surface area contributed by atoms with Crippen molar-refractivity contribution in [2.75, 3.05) is 33.0 Å². The average Bonchev–Trinajstić information content (AvgIpc) is 3.31. The number of carbonyl (C=O) groups is 1. The first kappa shape index (κ1) is 59.6. The van der Waals surface area contributed by atoms with Crippen LogP contribution in [0.2, 0.25) is 0 Å². The fourth-order valence-electron chi connectivity index (χ4n) is 7.40. The van der Waals surface area contributed by atoms with Crippen LogP contribution < -0.4 is 0 Å². The molecule has 0 radical (unpaired) electrons. The van der Waals surface area contributed by atoms with E-state index in [1.165, 1.54) is 38.5 Å². The van der Waals surface area contributed by atoms with Crippen LogP contribution in [0, 0.1) is 0 Å². The molecular weight excluding hydrogens is 849 g/mol. The van der Waals surface area contributed by atoms with Crippen molar-refractivity contribution >= 4 is 5.97 Å². The summed E-state index contributed by atoms with van der Waals surface area (Å²) in [6, 6.07) is 0. The van der Waals surface area contributed by atoms with Gasteiger partial charge in [-0.25, -0.2) is 0 Å². The molecule has 14 nitrogen and oxygen atoms in total. The predicted octanol–water partition coefficient (Wildman–Crippen LogP) is 7.12. The maximum atomic E-state index is 13.0. The smallest absolute Gasteiger partial charge is 0.306 e. The zero-order chi connectivity index (χ0) is 48.0. The van der Waals surface area contributed by atoms with Gasteiger partial charge in [0.1, 0.15) is 54.9 Å². The van der Waals surface area contributed by atoms with Crippen LogP contribution in [0.15, 0.2) is 72.9 Å². The minimum Gasteiger partial charge on any atom is -0.457 e. The van der Waals surface area contributed by atoms with Crippen molar-refractivity contribution in [3.8, 4) is 0 Å². The van der Waals surface area contributed by atoms with E-state index in [1.54, 1.807) is 0 Å². The van der Waals surface area contributed by atoms with Crippen LogP contribution in [-0.4, -0.2) is 142 Å². The topological polar surface area (TPSA) is 214 Å². The standard InChI is InChI=1S/C52H88O14/c1-3-5-7-9-11-13-14-15-16-17-18-19-20-21-22-23-24-25-26-27-29-31-33-35-44(54)64-41(38-61-36-34-32-30-28-12-10-8-6-4-2)39-62-51-50(60)48(58)46(56)43(66-51)40-63-52-49(59)47(57)45(55)42(37-53)65-52/h5,7,11,13,15-16,18-19,21-22,24-25,41-43,45-53,55-60H,3-4,6,8-10,12,14,17,20,23,26-40H2,1-2H3/b7-5-,13-11-,16-15-,19-18-,22-21-,25-24-. The number of ether oxygens (including phenoxy) is 6. The molecule has 0 aromatic heterocycles. The number of unbranched alkanes of at least 4 members (excludes halogenated alkanes) is 12. The molecule has 66 heavy (non-hydrogen) atoms. The van der Waals surface area contributed by atoms with Crippen LogP contribution in [0.4, 0.5) is 0 Å². The van der Waals surface area contributed by atoms with Crippen LogP contribution in [0.25, 0.3) is 0 Å². The van der Waals surface area contributed by atoms with Crippen LogP contribution in [-0.2, 0) is 33.2 Å². The van der Waals surface area contributed by atoms with E-state index in [9.17, 15) is 40.5 Å². The Bertz CT molecular complexity index is 1360. The summed E-state index contributed by atoms with van der Waals surface area (Å²) in [5.41, 5.74) is 0. The normalized spacial score (nSPS) is 26.9. The lowest BCUT2D eigenvalue weighted by Crippen LogP contribution is -2.61. The fraction of sp³-hybridized carbons (Fsp3) is 0.750. The molecule has 2 heterocycles. The second-order valence-corrected chi connectivity index (χ2v) is 17.3. The summed E-state index contributed by atoms with van der Waals surface area (Å²) in [6.07, 6.45) is 31.2. The molecule has 11 atom stereocenters. The van der Waals surface area contributed by atoms with Crippen molar-refractivity contribution in [3.63, 3.8) is 0 Å². The minimum absolute atomic E-state index is 0.0480. The Hall–Kier alpha value is -2.57. The molecule has 7 N–H and O–H groups in total. The minimum atomic E-state index is -1.71. The highest BCUT2D eigenvalue weighted by Crippen LogP contribution is 2.26. The highest BCUT2D eigenvalue weighted by Gasteiger charge is 2.47. The number of hydrogen-bond acceptors (Lipinski definition) is 14. The first-order valence-corrected chi connectivity index (χ1v) is 25.0. The van der Waals surface area contributed by atoms with Crippen LogP contribution in [0.5, 0.6) is 0 Å². The number of rotatable bonds is 38. The van der Waals surface area contributed by atoms with Gasteiger partial charge in [-0.2, -0.15) is 0 Å². The van der Waals surface area contributed by atoms with Crippen molar-refractivity contribution in [2.24, 2.45) is 0 Å². The second kappa shape index (κ2) is 39.3. The fourth-order valence-corrected chi connectivity index (χ4v) is 7.40. The van der Waals surface area contributed by atoms with E-state index in [4.69, 9.17) is 28.4 Å². The van der Waals surface area contributed by atoms with E-state index in [2.05, 4.69) is 86.8 Å². The van der Waals surface area contributed by atoms with Gasteiger partial charge in [-0.1, -0.05) is 151 Å². The van der Waals surface area contributed by atoms with Gasteiger partial charge in [-0.3, -0.25) is 4.79 Å². The number of aliphatic hydroxyl groups is 7. The Morgan fingerprint density at radius 2 is 0.985 bits per heavy atom. The SMILES string of the molecule is CC/C=C\C/C=C\C/C=C\C/C=C\C/C=C\C/C=C\CCCCCCC(=O)OC(COCCCCCCCCCCC)COC1OC(COC2OC(CO)C(O)C(O)C2O)C(O)C(O)C1O. The van der Waals surface area contributed by atoms with E-state index in [0.717, 1.165) is 83.5 Å². The van der Waals surface area contributed by atoms with Gasteiger partial charge in [0.25, 0.3) is 0 Å². The first-order chi connectivity index (χ1) is 32.1. The molecule has 2 aliphatic heterocycles. The Labute approximate surface area is 396 Å². The van der Waals surface area contributed by atoms with E-state index in [-0.39, 0.29) is 19.6 Å². The Morgan fingerprint density at radius 1 is 0.515 bits per heavy atom. The maximum Gasteiger partial charge on any atom is 0.306 e. The van der Waals surface area contributed by atoms with Crippen molar-refractivity contribution in [1.29, 1.82) is 0 Å². The van der Waals surface area contributed by atoms with Crippen molar-refractivity contribution in [3.05, 3.63) is 72.9 Å². The summed E-state index contributed by atoms with van der Waals surface area (Å²) in [5, 5.41) is 72.0. The molecule has 0 saturated carbocycles. The summed E-state index contributed by atoms with van der Waals surface area (Å²) in [7, 11) is 0. The molecule has 2 aliphatic rings. The van der Waals surface area contributed by atoms with Crippen LogP contribution in [0.1, 0.15) is 149 Å². The number of carbonyl (C=O) groups excluding carboxylic acids is 1. The molecular formula is C52H88O14. The molecule has 2 saturated heterocycles. The highest BCUT2D eigenvalue weighted by atomic mass is 16.7. The van der Waals surface area contributed by atoms with E-state index in [0.29, 0.717) is 13.0 Å². The lowest BCUT2D eigenvalue weighted by molar-refractivity contribution is -0.332. The zero-order valence-electron chi connectivity index (χ0n) is 40.2. The molecule has 11 unspecified atom stereocenters. The highest BCUT2D eigenvalue weighted by molar-refractivity contribution is 5.69. The molecule has 0 amide bonds. The van der Waals surface area contributed by atoms with E-state index < -0.39 is 86.7 Å². The first-order valence-electron chi connectivity index (χ1n) is 25.0. The van der Waals surface area contributed by atoms with Gasteiger partial charge >= 0.3 is 5.97 Å². The number of aliphatic hydroxyl groups excluding tert-OH is 7. The van der Waals surface area contributed by atoms with E-state index in [1.807, 2.05) is 0 Å². The summed E-state index contributed by atoms with van der Waals surface area (Å²) in [4.78, 5) is 13.0. The second-order valence-electron chi connectivity index (χ2n) is 17.3. The largest absolute Gasteiger partial charge is 0.457 e. The van der Waals surface area contributed by atoms with Gasteiger partial charge in [0, 0.05) is 13.0 Å². The zero-order valence-corrected chi connectivity index (χ0v) is 40.2. The molecule has 0 bridgehead atoms. The molecule has 0 aromatic carbocycles. The molecule has 380 valence electrons. The molecule has 0 aromatic rings. The third kappa shape index (κ3) is 26.8. The Kier molecular flexibility index (Phi) is 35.5. The number of esters is 1. The summed E-state index contributed by atoms with van der Waals surface area (Å²) < 4.78 is 34.1. The molecule has 0 spiro atoms. The van der Waals surface area contributed by atoms with Crippen molar-refractivity contribution in [2.45, 2.75) is 216 Å². The molecule has 14 heteroatoms. The van der Waals surface area contributed by atoms with Gasteiger partial charge in [0.05, 0.1) is 26.4 Å². The summed E-state index contributed by atoms with van der Waals surface area (Å²) in [6.45, 7) is 3.50. The number of hydrogen-bond donors (Lipinski definition) is 7. The third-order valence-corrected chi connectivity index (χ3v) is 11.5. The van der Waals surface area contributed by atoms with E-state index >= 15 is 0 Å². The lowest BCUT2D eigenvalue weighted by atomic mass is 9.98. The Morgan fingerprint density at radius 3 is 1.55 bits per heavy atom. The third-order valence-electron chi connectivity index (χ3n) is 11.5. The van der Waals surface area contributed by atoms with Crippen molar-refractivity contribution < 1.29 is 69.0 Å². The Balaban J connectivity index is 1.75. The number of allylic oxidation sites excluding steroid dienone is 12.